The van der Waals surface area contributed by atoms with Crippen LogP contribution in [0, 0.1) is 6.92 Å². The summed E-state index contributed by atoms with van der Waals surface area (Å²) >= 11 is 0. The predicted octanol–water partition coefficient (Wildman–Crippen LogP) is 2.81. The van der Waals surface area contributed by atoms with E-state index in [1.54, 1.807) is 14.0 Å². The topological polar surface area (TPSA) is 77.8 Å². The standard InChI is InChI=1S/C19H19NO5/c1-12-14-8-7-13-5-3-4-6-15(13)18(14)25-17(12)19(22)24-11-16(21)20-9-10-23-2/h3-8H,9-11H2,1-2H3,(H,20,21). The van der Waals surface area contributed by atoms with Gasteiger partial charge in [-0.3, -0.25) is 4.79 Å². The molecule has 25 heavy (non-hydrogen) atoms. The quantitative estimate of drug-likeness (QED) is 0.551. The van der Waals surface area contributed by atoms with Gasteiger partial charge in [0.2, 0.25) is 5.76 Å². The maximum atomic E-state index is 12.3. The Morgan fingerprint density at radius 3 is 2.72 bits per heavy atom. The molecule has 1 amide bonds. The van der Waals surface area contributed by atoms with Crippen molar-refractivity contribution in [2.45, 2.75) is 6.92 Å². The van der Waals surface area contributed by atoms with Gasteiger partial charge in [-0.2, -0.15) is 0 Å². The summed E-state index contributed by atoms with van der Waals surface area (Å²) in [7, 11) is 1.54. The molecule has 0 radical (unpaired) electrons. The van der Waals surface area contributed by atoms with Gasteiger partial charge in [0.05, 0.1) is 6.61 Å². The van der Waals surface area contributed by atoms with Crippen molar-refractivity contribution < 1.29 is 23.5 Å². The van der Waals surface area contributed by atoms with Crippen LogP contribution in [0.4, 0.5) is 0 Å². The van der Waals surface area contributed by atoms with E-state index in [0.29, 0.717) is 24.3 Å². The second kappa shape index (κ2) is 7.36. The van der Waals surface area contributed by atoms with Crippen LogP contribution in [-0.4, -0.2) is 38.7 Å². The van der Waals surface area contributed by atoms with Crippen LogP contribution in [0.3, 0.4) is 0 Å². The average Bonchev–Trinajstić information content (AvgIpc) is 2.97. The van der Waals surface area contributed by atoms with Crippen LogP contribution >= 0.6 is 0 Å². The van der Waals surface area contributed by atoms with Gasteiger partial charge < -0.3 is 19.2 Å². The molecule has 0 atom stereocenters. The molecule has 0 aliphatic rings. The highest BCUT2D eigenvalue weighted by Crippen LogP contribution is 2.31. The van der Waals surface area contributed by atoms with Gasteiger partial charge in [0.15, 0.2) is 6.61 Å². The minimum Gasteiger partial charge on any atom is -0.450 e. The Hall–Kier alpha value is -2.86. The second-order valence-electron chi connectivity index (χ2n) is 5.64. The van der Waals surface area contributed by atoms with Crippen molar-refractivity contribution >= 4 is 33.6 Å². The Bertz CT molecular complexity index is 928. The zero-order chi connectivity index (χ0) is 17.8. The largest absolute Gasteiger partial charge is 0.450 e. The lowest BCUT2D eigenvalue weighted by Crippen LogP contribution is -2.31. The van der Waals surface area contributed by atoms with Crippen molar-refractivity contribution in [3.8, 4) is 0 Å². The zero-order valence-corrected chi connectivity index (χ0v) is 14.1. The molecule has 6 heteroatoms. The predicted molar refractivity (Wildman–Crippen MR) is 93.6 cm³/mol. The molecule has 0 aliphatic carbocycles. The van der Waals surface area contributed by atoms with E-state index in [4.69, 9.17) is 13.9 Å². The number of esters is 1. The number of rotatable bonds is 6. The fraction of sp³-hybridized carbons (Fsp3) is 0.263. The van der Waals surface area contributed by atoms with Crippen molar-refractivity contribution in [3.05, 3.63) is 47.7 Å². The first-order chi connectivity index (χ1) is 12.1. The molecule has 0 saturated carbocycles. The minimum atomic E-state index is -0.653. The molecule has 130 valence electrons. The van der Waals surface area contributed by atoms with Crippen molar-refractivity contribution in [3.63, 3.8) is 0 Å². The summed E-state index contributed by atoms with van der Waals surface area (Å²) in [6.07, 6.45) is 0. The summed E-state index contributed by atoms with van der Waals surface area (Å²) in [6, 6.07) is 11.7. The van der Waals surface area contributed by atoms with E-state index < -0.39 is 5.97 Å². The Kier molecular flexibility index (Phi) is 5.00. The Morgan fingerprint density at radius 1 is 1.12 bits per heavy atom. The molecule has 6 nitrogen and oxygen atoms in total. The number of ether oxygens (including phenoxy) is 2. The van der Waals surface area contributed by atoms with E-state index >= 15 is 0 Å². The first kappa shape index (κ1) is 17.0. The van der Waals surface area contributed by atoms with Crippen molar-refractivity contribution in [2.24, 2.45) is 0 Å². The Labute approximate surface area is 144 Å². The lowest BCUT2D eigenvalue weighted by atomic mass is 10.1. The van der Waals surface area contributed by atoms with E-state index in [1.807, 2.05) is 36.4 Å². The number of carbonyl (C=O) groups excluding carboxylic acids is 2. The Morgan fingerprint density at radius 2 is 1.92 bits per heavy atom. The lowest BCUT2D eigenvalue weighted by Gasteiger charge is -2.05. The first-order valence-corrected chi connectivity index (χ1v) is 7.95. The number of amides is 1. The molecule has 3 rings (SSSR count). The molecule has 0 unspecified atom stereocenters. The van der Waals surface area contributed by atoms with Gasteiger partial charge in [-0.1, -0.05) is 36.4 Å². The molecular weight excluding hydrogens is 322 g/mol. The van der Waals surface area contributed by atoms with E-state index in [9.17, 15) is 9.59 Å². The fourth-order valence-electron chi connectivity index (χ4n) is 2.68. The fourth-order valence-corrected chi connectivity index (χ4v) is 2.68. The monoisotopic (exact) mass is 341 g/mol. The van der Waals surface area contributed by atoms with Gasteiger partial charge >= 0.3 is 5.97 Å². The highest BCUT2D eigenvalue weighted by Gasteiger charge is 2.21. The van der Waals surface area contributed by atoms with Gasteiger partial charge in [-0.15, -0.1) is 0 Å². The van der Waals surface area contributed by atoms with Crippen LogP contribution in [0.15, 0.2) is 40.8 Å². The van der Waals surface area contributed by atoms with Crippen molar-refractivity contribution in [1.82, 2.24) is 5.32 Å². The first-order valence-electron chi connectivity index (χ1n) is 7.95. The minimum absolute atomic E-state index is 0.121. The number of aryl methyl sites for hydroxylation is 1. The number of nitrogens with one attached hydrogen (secondary N) is 1. The molecule has 1 N–H and O–H groups in total. The summed E-state index contributed by atoms with van der Waals surface area (Å²) in [4.78, 5) is 23.9. The molecule has 0 fully saturated rings. The van der Waals surface area contributed by atoms with Gasteiger partial charge in [0.25, 0.3) is 5.91 Å². The average molecular weight is 341 g/mol. The maximum Gasteiger partial charge on any atom is 0.375 e. The zero-order valence-electron chi connectivity index (χ0n) is 14.1. The van der Waals surface area contributed by atoms with Gasteiger partial charge in [0.1, 0.15) is 5.58 Å². The van der Waals surface area contributed by atoms with Crippen molar-refractivity contribution in [1.29, 1.82) is 0 Å². The highest BCUT2D eigenvalue weighted by molar-refractivity contribution is 6.08. The van der Waals surface area contributed by atoms with Gasteiger partial charge in [-0.05, 0) is 12.3 Å². The lowest BCUT2D eigenvalue weighted by molar-refractivity contribution is -0.124. The number of furan rings is 1. The summed E-state index contributed by atoms with van der Waals surface area (Å²) < 4.78 is 15.7. The summed E-state index contributed by atoms with van der Waals surface area (Å²) in [5.41, 5.74) is 1.35. The molecule has 0 spiro atoms. The van der Waals surface area contributed by atoms with Gasteiger partial charge in [-0.25, -0.2) is 4.79 Å². The number of hydrogen-bond acceptors (Lipinski definition) is 5. The third-order valence-corrected chi connectivity index (χ3v) is 3.98. The summed E-state index contributed by atoms with van der Waals surface area (Å²) in [5, 5.41) is 5.40. The van der Waals surface area contributed by atoms with E-state index in [2.05, 4.69) is 5.32 Å². The van der Waals surface area contributed by atoms with Crippen molar-refractivity contribution in [2.75, 3.05) is 26.9 Å². The summed E-state index contributed by atoms with van der Waals surface area (Å²) in [5.74, 6) is -0.916. The highest BCUT2D eigenvalue weighted by atomic mass is 16.5. The van der Waals surface area contributed by atoms with E-state index in [0.717, 1.165) is 16.2 Å². The van der Waals surface area contributed by atoms with Crippen LogP contribution < -0.4 is 5.32 Å². The molecule has 0 saturated heterocycles. The number of methoxy groups -OCH3 is 1. The SMILES string of the molecule is COCCNC(=O)COC(=O)c1oc2c(ccc3ccccc32)c1C. The molecule has 0 bridgehead atoms. The number of hydrogen-bond donors (Lipinski definition) is 1. The van der Waals surface area contributed by atoms with Crippen LogP contribution in [0.5, 0.6) is 0 Å². The van der Waals surface area contributed by atoms with Crippen LogP contribution in [0.2, 0.25) is 0 Å². The van der Waals surface area contributed by atoms with E-state index in [1.165, 1.54) is 0 Å². The Balaban J connectivity index is 1.79. The maximum absolute atomic E-state index is 12.3. The summed E-state index contributed by atoms with van der Waals surface area (Å²) in [6.45, 7) is 2.20. The van der Waals surface area contributed by atoms with Crippen LogP contribution in [0.1, 0.15) is 16.1 Å². The third kappa shape index (κ3) is 3.49. The number of carbonyl (C=O) groups is 2. The normalized spacial score (nSPS) is 11.0. The molecule has 2 aromatic carbocycles. The molecule has 1 heterocycles. The smallest absolute Gasteiger partial charge is 0.375 e. The second-order valence-corrected chi connectivity index (χ2v) is 5.64. The molecular formula is C19H19NO5. The molecule has 3 aromatic rings. The molecule has 0 aliphatic heterocycles. The van der Waals surface area contributed by atoms with Crippen LogP contribution in [0.25, 0.3) is 21.7 Å². The van der Waals surface area contributed by atoms with Gasteiger partial charge in [0, 0.05) is 30.0 Å². The van der Waals surface area contributed by atoms with Crippen LogP contribution in [-0.2, 0) is 14.3 Å². The number of benzene rings is 2. The third-order valence-electron chi connectivity index (χ3n) is 3.98. The molecule has 1 aromatic heterocycles. The van der Waals surface area contributed by atoms with E-state index in [-0.39, 0.29) is 18.3 Å². The number of fused-ring (bicyclic) bond motifs is 3.